The molecule has 128 valence electrons. The summed E-state index contributed by atoms with van der Waals surface area (Å²) < 4.78 is 27.0. The van der Waals surface area contributed by atoms with Gasteiger partial charge in [-0.2, -0.15) is 4.72 Å². The van der Waals surface area contributed by atoms with Gasteiger partial charge in [-0.1, -0.05) is 36.7 Å². The van der Waals surface area contributed by atoms with Gasteiger partial charge in [0.05, 0.1) is 10.9 Å². The number of halogens is 1. The topological polar surface area (TPSA) is 75.3 Å². The molecule has 0 saturated heterocycles. The van der Waals surface area contributed by atoms with E-state index in [2.05, 4.69) is 10.0 Å². The molecule has 24 heavy (non-hydrogen) atoms. The van der Waals surface area contributed by atoms with Crippen molar-refractivity contribution in [3.63, 3.8) is 0 Å². The van der Waals surface area contributed by atoms with Crippen LogP contribution in [0.5, 0.6) is 0 Å². The predicted octanol–water partition coefficient (Wildman–Crippen LogP) is 3.21. The molecule has 2 aromatic rings. The van der Waals surface area contributed by atoms with Gasteiger partial charge in [0.2, 0.25) is 15.9 Å². The minimum atomic E-state index is -3.80. The van der Waals surface area contributed by atoms with E-state index in [-0.39, 0.29) is 4.90 Å². The molecule has 0 unspecified atom stereocenters. The fourth-order valence-corrected chi connectivity index (χ4v) is 3.49. The van der Waals surface area contributed by atoms with Crippen LogP contribution in [0.1, 0.15) is 19.4 Å². The summed E-state index contributed by atoms with van der Waals surface area (Å²) in [7, 11) is -3.80. The molecule has 0 spiro atoms. The molecule has 0 radical (unpaired) electrons. The molecule has 0 heterocycles. The lowest BCUT2D eigenvalue weighted by Crippen LogP contribution is -2.41. The zero-order valence-corrected chi connectivity index (χ0v) is 15.0. The van der Waals surface area contributed by atoms with Crippen LogP contribution < -0.4 is 10.0 Å². The smallest absolute Gasteiger partial charge is 0.242 e. The molecule has 7 heteroatoms. The van der Waals surface area contributed by atoms with E-state index in [9.17, 15) is 13.2 Å². The van der Waals surface area contributed by atoms with E-state index in [1.165, 1.54) is 31.2 Å². The summed E-state index contributed by atoms with van der Waals surface area (Å²) in [5.41, 5.74) is 1.67. The molecule has 0 aromatic heterocycles. The number of hydrogen-bond donors (Lipinski definition) is 2. The fraction of sp³-hybridized carbons (Fsp3) is 0.235. The van der Waals surface area contributed by atoms with Crippen molar-refractivity contribution in [1.82, 2.24) is 4.72 Å². The lowest BCUT2D eigenvalue weighted by Gasteiger charge is -2.16. The Morgan fingerprint density at radius 3 is 2.38 bits per heavy atom. The molecule has 0 aliphatic rings. The average Bonchev–Trinajstić information content (AvgIpc) is 2.55. The van der Waals surface area contributed by atoms with Crippen LogP contribution in [0.3, 0.4) is 0 Å². The van der Waals surface area contributed by atoms with Crippen molar-refractivity contribution in [1.29, 1.82) is 0 Å². The van der Waals surface area contributed by atoms with E-state index < -0.39 is 22.0 Å². The molecule has 1 atom stereocenters. The van der Waals surface area contributed by atoms with Crippen molar-refractivity contribution in [2.45, 2.75) is 31.2 Å². The number of para-hydroxylation sites is 1. The number of rotatable bonds is 6. The number of carbonyl (C=O) groups is 1. The zero-order valence-electron chi connectivity index (χ0n) is 13.4. The molecule has 0 aliphatic heterocycles. The number of aryl methyl sites for hydroxylation is 1. The normalized spacial score (nSPS) is 12.6. The van der Waals surface area contributed by atoms with Crippen LogP contribution in [0.15, 0.2) is 53.4 Å². The Hall–Kier alpha value is -1.89. The summed E-state index contributed by atoms with van der Waals surface area (Å²) in [5, 5.41) is 3.20. The zero-order chi connectivity index (χ0) is 17.7. The second-order valence-electron chi connectivity index (χ2n) is 5.30. The summed E-state index contributed by atoms with van der Waals surface area (Å²) in [6.45, 7) is 3.48. The van der Waals surface area contributed by atoms with Gasteiger partial charge in [0, 0.05) is 10.7 Å². The molecule has 2 aromatic carbocycles. The Labute approximate surface area is 147 Å². The first kappa shape index (κ1) is 18.4. The van der Waals surface area contributed by atoms with E-state index >= 15 is 0 Å². The Balaban J connectivity index is 2.09. The van der Waals surface area contributed by atoms with Crippen molar-refractivity contribution in [2.24, 2.45) is 0 Å². The van der Waals surface area contributed by atoms with Crippen LogP contribution in [0.25, 0.3) is 0 Å². The molecule has 0 saturated carbocycles. The minimum absolute atomic E-state index is 0.0560. The highest BCUT2D eigenvalue weighted by Crippen LogP contribution is 2.17. The van der Waals surface area contributed by atoms with Gasteiger partial charge in [-0.05, 0) is 49.2 Å². The third-order valence-electron chi connectivity index (χ3n) is 3.51. The molecule has 5 nitrogen and oxygen atoms in total. The summed E-state index contributed by atoms with van der Waals surface area (Å²) >= 11 is 5.76. The van der Waals surface area contributed by atoms with E-state index in [4.69, 9.17) is 11.6 Å². The Kier molecular flexibility index (Phi) is 5.99. The van der Waals surface area contributed by atoms with Gasteiger partial charge in [-0.25, -0.2) is 8.42 Å². The molecular formula is C17H19ClN2O3S. The molecule has 0 bridgehead atoms. The first-order chi connectivity index (χ1) is 11.3. The fourth-order valence-electron chi connectivity index (χ4n) is 2.16. The van der Waals surface area contributed by atoms with Gasteiger partial charge < -0.3 is 5.32 Å². The molecule has 1 amide bonds. The Morgan fingerprint density at radius 2 is 1.75 bits per heavy atom. The van der Waals surface area contributed by atoms with Crippen molar-refractivity contribution >= 4 is 33.2 Å². The van der Waals surface area contributed by atoms with Crippen LogP contribution in [-0.2, 0) is 21.2 Å². The number of amides is 1. The van der Waals surface area contributed by atoms with Crippen LogP contribution in [-0.4, -0.2) is 20.4 Å². The number of sulfonamides is 1. The first-order valence-corrected chi connectivity index (χ1v) is 9.36. The highest BCUT2D eigenvalue weighted by atomic mass is 35.5. The Morgan fingerprint density at radius 1 is 1.12 bits per heavy atom. The van der Waals surface area contributed by atoms with E-state index in [1.807, 2.05) is 25.1 Å². The number of hydrogen-bond acceptors (Lipinski definition) is 3. The summed E-state index contributed by atoms with van der Waals surface area (Å²) in [6.07, 6.45) is 0.765. The molecule has 2 N–H and O–H groups in total. The van der Waals surface area contributed by atoms with Crippen molar-refractivity contribution in [3.8, 4) is 0 Å². The number of carbonyl (C=O) groups excluding carboxylic acids is 1. The molecule has 2 rings (SSSR count). The van der Waals surface area contributed by atoms with Crippen LogP contribution in [0.4, 0.5) is 5.69 Å². The second-order valence-corrected chi connectivity index (χ2v) is 7.45. The Bertz CT molecular complexity index is 820. The quantitative estimate of drug-likeness (QED) is 0.824. The van der Waals surface area contributed by atoms with E-state index in [0.29, 0.717) is 10.7 Å². The summed E-state index contributed by atoms with van der Waals surface area (Å²) in [4.78, 5) is 12.3. The van der Waals surface area contributed by atoms with Gasteiger partial charge in [0.15, 0.2) is 0 Å². The third kappa shape index (κ3) is 4.56. The summed E-state index contributed by atoms with van der Waals surface area (Å²) in [5.74, 6) is -0.423. The third-order valence-corrected chi connectivity index (χ3v) is 5.31. The molecule has 0 fully saturated rings. The predicted molar refractivity (Wildman–Crippen MR) is 95.7 cm³/mol. The van der Waals surface area contributed by atoms with Gasteiger partial charge in [0.1, 0.15) is 0 Å². The number of benzene rings is 2. The van der Waals surface area contributed by atoms with Gasteiger partial charge in [-0.15, -0.1) is 0 Å². The number of nitrogens with one attached hydrogen (secondary N) is 2. The highest BCUT2D eigenvalue weighted by molar-refractivity contribution is 7.89. The van der Waals surface area contributed by atoms with E-state index in [1.54, 1.807) is 6.07 Å². The highest BCUT2D eigenvalue weighted by Gasteiger charge is 2.22. The lowest BCUT2D eigenvalue weighted by atomic mass is 10.1. The first-order valence-electron chi connectivity index (χ1n) is 7.50. The largest absolute Gasteiger partial charge is 0.324 e. The second kappa shape index (κ2) is 7.79. The number of anilines is 1. The monoisotopic (exact) mass is 366 g/mol. The maximum Gasteiger partial charge on any atom is 0.242 e. The van der Waals surface area contributed by atoms with E-state index in [0.717, 1.165) is 12.0 Å². The maximum absolute atomic E-state index is 12.3. The standard InChI is InChI=1S/C17H19ClN2O3S/c1-3-13-6-4-5-7-16(13)19-17(21)12(2)20-24(22,23)15-10-8-14(18)9-11-15/h4-12,20H,3H2,1-2H3,(H,19,21)/t12-/m0/s1. The average molecular weight is 367 g/mol. The molecular weight excluding hydrogens is 348 g/mol. The van der Waals surface area contributed by atoms with Crippen molar-refractivity contribution in [2.75, 3.05) is 5.32 Å². The maximum atomic E-state index is 12.3. The summed E-state index contributed by atoms with van der Waals surface area (Å²) in [6, 6.07) is 12.2. The minimum Gasteiger partial charge on any atom is -0.324 e. The van der Waals surface area contributed by atoms with Gasteiger partial charge in [0.25, 0.3) is 0 Å². The molecule has 0 aliphatic carbocycles. The lowest BCUT2D eigenvalue weighted by molar-refractivity contribution is -0.117. The van der Waals surface area contributed by atoms with Crippen molar-refractivity contribution in [3.05, 3.63) is 59.1 Å². The SMILES string of the molecule is CCc1ccccc1NC(=O)[C@H](C)NS(=O)(=O)c1ccc(Cl)cc1. The van der Waals surface area contributed by atoms with Crippen molar-refractivity contribution < 1.29 is 13.2 Å². The van der Waals surface area contributed by atoms with Gasteiger partial charge >= 0.3 is 0 Å². The van der Waals surface area contributed by atoms with Crippen LogP contribution in [0, 0.1) is 0 Å². The van der Waals surface area contributed by atoms with Crippen LogP contribution >= 0.6 is 11.6 Å². The van der Waals surface area contributed by atoms with Crippen LogP contribution in [0.2, 0.25) is 5.02 Å². The van der Waals surface area contributed by atoms with Gasteiger partial charge in [-0.3, -0.25) is 4.79 Å².